The highest BCUT2D eigenvalue weighted by atomic mass is 16.5. The highest BCUT2D eigenvalue weighted by Gasteiger charge is 1.95. The molecule has 0 saturated carbocycles. The average Bonchev–Trinajstić information content (AvgIpc) is 2.36. The van der Waals surface area contributed by atoms with Crippen LogP contribution in [0.4, 0.5) is 0 Å². The number of carbonyl (C=O) groups excluding carboxylic acids is 1. The summed E-state index contributed by atoms with van der Waals surface area (Å²) in [5.41, 5.74) is 1.50. The van der Waals surface area contributed by atoms with Gasteiger partial charge in [0.2, 0.25) is 5.91 Å². The van der Waals surface area contributed by atoms with E-state index in [1.807, 2.05) is 26.8 Å². The Kier molecular flexibility index (Phi) is 5.85. The second kappa shape index (κ2) is 7.41. The molecule has 0 aliphatic heterocycles. The Labute approximate surface area is 113 Å². The van der Waals surface area contributed by atoms with Gasteiger partial charge in [0.05, 0.1) is 6.54 Å². The van der Waals surface area contributed by atoms with E-state index < -0.39 is 0 Å². The van der Waals surface area contributed by atoms with Crippen molar-refractivity contribution >= 4 is 5.91 Å². The molecular weight excluding hydrogens is 242 g/mol. The summed E-state index contributed by atoms with van der Waals surface area (Å²) in [4.78, 5) is 15.6. The second-order valence-electron chi connectivity index (χ2n) is 4.68. The second-order valence-corrected chi connectivity index (χ2v) is 4.68. The molecule has 1 rings (SSSR count). The van der Waals surface area contributed by atoms with E-state index in [1.165, 1.54) is 12.3 Å². The molecule has 5 nitrogen and oxygen atoms in total. The van der Waals surface area contributed by atoms with Crippen molar-refractivity contribution in [1.29, 1.82) is 0 Å². The summed E-state index contributed by atoms with van der Waals surface area (Å²) >= 11 is 0. The molecule has 0 aromatic carbocycles. The first-order chi connectivity index (χ1) is 8.99. The van der Waals surface area contributed by atoms with Crippen molar-refractivity contribution < 1.29 is 10.0 Å². The first-order valence-corrected chi connectivity index (χ1v) is 6.34. The van der Waals surface area contributed by atoms with Crippen LogP contribution in [0.5, 0.6) is 0 Å². The SMILES string of the molecule is Cc1ccn(O)c(=NCCNC(=O)C=CC(C)C)c1. The summed E-state index contributed by atoms with van der Waals surface area (Å²) in [6.07, 6.45) is 4.91. The highest BCUT2D eigenvalue weighted by Crippen LogP contribution is 1.92. The molecule has 0 aliphatic rings. The number of allylic oxidation sites excluding steroid dienone is 1. The lowest BCUT2D eigenvalue weighted by Gasteiger charge is -2.01. The molecule has 1 amide bonds. The molecule has 19 heavy (non-hydrogen) atoms. The van der Waals surface area contributed by atoms with Gasteiger partial charge in [-0.2, -0.15) is 4.73 Å². The van der Waals surface area contributed by atoms with Gasteiger partial charge in [0.1, 0.15) is 0 Å². The van der Waals surface area contributed by atoms with Crippen molar-refractivity contribution in [2.45, 2.75) is 20.8 Å². The molecule has 0 fully saturated rings. The molecule has 0 unspecified atom stereocenters. The maximum absolute atomic E-state index is 11.4. The number of nitrogens with one attached hydrogen (secondary N) is 1. The number of carbonyl (C=O) groups is 1. The summed E-state index contributed by atoms with van der Waals surface area (Å²) < 4.78 is 0.966. The van der Waals surface area contributed by atoms with Crippen molar-refractivity contribution in [3.63, 3.8) is 0 Å². The zero-order chi connectivity index (χ0) is 14.3. The minimum atomic E-state index is -0.120. The minimum Gasteiger partial charge on any atom is -0.427 e. The zero-order valence-electron chi connectivity index (χ0n) is 11.6. The molecule has 0 atom stereocenters. The third kappa shape index (κ3) is 5.90. The summed E-state index contributed by atoms with van der Waals surface area (Å²) in [5, 5.41) is 12.2. The Morgan fingerprint density at radius 1 is 1.58 bits per heavy atom. The Hall–Kier alpha value is -2.04. The molecule has 1 aromatic rings. The standard InChI is InChI=1S/C14H21N3O2/c1-11(2)4-5-14(18)16-8-7-15-13-10-12(3)6-9-17(13)19/h4-6,9-11,19H,7-8H2,1-3H3,(H,16,18). The van der Waals surface area contributed by atoms with E-state index in [4.69, 9.17) is 0 Å². The average molecular weight is 263 g/mol. The fourth-order valence-electron chi connectivity index (χ4n) is 1.39. The van der Waals surface area contributed by atoms with Gasteiger partial charge in [0, 0.05) is 12.7 Å². The van der Waals surface area contributed by atoms with Crippen LogP contribution in [-0.4, -0.2) is 28.9 Å². The van der Waals surface area contributed by atoms with E-state index in [9.17, 15) is 10.0 Å². The van der Waals surface area contributed by atoms with Crippen LogP contribution >= 0.6 is 0 Å². The van der Waals surface area contributed by atoms with Crippen LogP contribution in [0.25, 0.3) is 0 Å². The molecule has 104 valence electrons. The van der Waals surface area contributed by atoms with E-state index in [2.05, 4.69) is 10.3 Å². The quantitative estimate of drug-likeness (QED) is 0.477. The molecule has 2 N–H and O–H groups in total. The van der Waals surface area contributed by atoms with Crippen molar-refractivity contribution in [1.82, 2.24) is 10.0 Å². The smallest absolute Gasteiger partial charge is 0.243 e. The van der Waals surface area contributed by atoms with Crippen LogP contribution in [0.2, 0.25) is 0 Å². The minimum absolute atomic E-state index is 0.120. The number of nitrogens with zero attached hydrogens (tertiary/aromatic N) is 2. The summed E-state index contributed by atoms with van der Waals surface area (Å²) in [6.45, 7) is 6.81. The lowest BCUT2D eigenvalue weighted by molar-refractivity contribution is -0.116. The monoisotopic (exact) mass is 263 g/mol. The molecule has 1 heterocycles. The van der Waals surface area contributed by atoms with Crippen LogP contribution in [0.3, 0.4) is 0 Å². The molecule has 5 heteroatoms. The fraction of sp³-hybridized carbons (Fsp3) is 0.429. The first-order valence-electron chi connectivity index (χ1n) is 6.34. The maximum atomic E-state index is 11.4. The van der Waals surface area contributed by atoms with Gasteiger partial charge >= 0.3 is 0 Å². The predicted molar refractivity (Wildman–Crippen MR) is 73.8 cm³/mol. The summed E-state index contributed by atoms with van der Waals surface area (Å²) in [6, 6.07) is 3.57. The Morgan fingerprint density at radius 2 is 2.32 bits per heavy atom. The van der Waals surface area contributed by atoms with Crippen LogP contribution in [0, 0.1) is 12.8 Å². The Balaban J connectivity index is 2.46. The summed E-state index contributed by atoms with van der Waals surface area (Å²) in [7, 11) is 0. The van der Waals surface area contributed by atoms with Crippen LogP contribution in [0.15, 0.2) is 35.5 Å². The lowest BCUT2D eigenvalue weighted by atomic mass is 10.2. The molecule has 0 bridgehead atoms. The molecule has 0 spiro atoms. The van der Waals surface area contributed by atoms with Gasteiger partial charge in [-0.15, -0.1) is 0 Å². The lowest BCUT2D eigenvalue weighted by Crippen LogP contribution is -2.26. The highest BCUT2D eigenvalue weighted by molar-refractivity contribution is 5.87. The van der Waals surface area contributed by atoms with Gasteiger partial charge in [-0.25, -0.2) is 0 Å². The van der Waals surface area contributed by atoms with Gasteiger partial charge in [-0.05, 0) is 36.6 Å². The number of rotatable bonds is 5. The maximum Gasteiger partial charge on any atom is 0.243 e. The molecule has 0 aliphatic carbocycles. The van der Waals surface area contributed by atoms with Gasteiger partial charge in [-0.1, -0.05) is 19.9 Å². The molecule has 0 saturated heterocycles. The zero-order valence-corrected chi connectivity index (χ0v) is 11.6. The van der Waals surface area contributed by atoms with Gasteiger partial charge in [-0.3, -0.25) is 9.79 Å². The first kappa shape index (κ1) is 15.0. The third-order valence-corrected chi connectivity index (χ3v) is 2.39. The van der Waals surface area contributed by atoms with E-state index in [1.54, 1.807) is 12.1 Å². The van der Waals surface area contributed by atoms with Crippen molar-refractivity contribution in [2.75, 3.05) is 13.1 Å². The Bertz CT molecular complexity index is 516. The predicted octanol–water partition coefficient (Wildman–Crippen LogP) is 1.26. The molecule has 0 radical (unpaired) electrons. The van der Waals surface area contributed by atoms with E-state index >= 15 is 0 Å². The fourth-order valence-corrected chi connectivity index (χ4v) is 1.39. The van der Waals surface area contributed by atoms with E-state index in [-0.39, 0.29) is 5.91 Å². The number of aryl methyl sites for hydroxylation is 1. The van der Waals surface area contributed by atoms with Crippen molar-refractivity contribution in [3.8, 4) is 0 Å². The molecule has 1 aromatic heterocycles. The Morgan fingerprint density at radius 3 is 3.00 bits per heavy atom. The number of hydrogen-bond acceptors (Lipinski definition) is 3. The van der Waals surface area contributed by atoms with Crippen LogP contribution < -0.4 is 10.8 Å². The van der Waals surface area contributed by atoms with Gasteiger partial charge < -0.3 is 10.5 Å². The largest absolute Gasteiger partial charge is 0.427 e. The number of aromatic nitrogens is 1. The van der Waals surface area contributed by atoms with Crippen LogP contribution in [-0.2, 0) is 4.79 Å². The topological polar surface area (TPSA) is 66.6 Å². The third-order valence-electron chi connectivity index (χ3n) is 2.39. The molecular formula is C14H21N3O2. The van der Waals surface area contributed by atoms with Gasteiger partial charge in [0.15, 0.2) is 5.49 Å². The van der Waals surface area contributed by atoms with Gasteiger partial charge in [0.25, 0.3) is 0 Å². The van der Waals surface area contributed by atoms with Crippen molar-refractivity contribution in [2.24, 2.45) is 10.9 Å². The number of amides is 1. The number of hydrogen-bond donors (Lipinski definition) is 2. The number of pyridine rings is 1. The normalized spacial score (nSPS) is 12.3. The van der Waals surface area contributed by atoms with Crippen LogP contribution in [0.1, 0.15) is 19.4 Å². The van der Waals surface area contributed by atoms with E-state index in [0.29, 0.717) is 24.5 Å². The van der Waals surface area contributed by atoms with Crippen molar-refractivity contribution in [3.05, 3.63) is 41.5 Å². The summed E-state index contributed by atoms with van der Waals surface area (Å²) in [5.74, 6) is 0.237. The van der Waals surface area contributed by atoms with E-state index in [0.717, 1.165) is 10.3 Å².